The van der Waals surface area contributed by atoms with Crippen LogP contribution in [0.15, 0.2) is 24.3 Å². The van der Waals surface area contributed by atoms with E-state index in [9.17, 15) is 19.7 Å². The Balaban J connectivity index is 2.86. The quantitative estimate of drug-likeness (QED) is 0.441. The van der Waals surface area contributed by atoms with Crippen molar-refractivity contribution in [3.63, 3.8) is 0 Å². The monoisotopic (exact) mass is 239 g/mol. The van der Waals surface area contributed by atoms with E-state index in [-0.39, 0.29) is 11.3 Å². The second-order valence-electron chi connectivity index (χ2n) is 3.29. The molecule has 0 saturated heterocycles. The number of carbonyl (C=O) groups excluding carboxylic acids is 1. The van der Waals surface area contributed by atoms with Crippen molar-refractivity contribution in [2.24, 2.45) is 0 Å². The van der Waals surface area contributed by atoms with E-state index < -0.39 is 29.2 Å². The average molecular weight is 239 g/mol. The third-order valence-corrected chi connectivity index (χ3v) is 2.04. The van der Waals surface area contributed by atoms with Gasteiger partial charge < -0.3 is 10.2 Å². The number of ketones is 1. The Kier molecular flexibility index (Phi) is 3.89. The minimum atomic E-state index is -1.80. The molecule has 0 fully saturated rings. The molecule has 0 saturated carbocycles. The van der Waals surface area contributed by atoms with E-state index in [1.165, 1.54) is 18.2 Å². The second kappa shape index (κ2) is 5.17. The van der Waals surface area contributed by atoms with Crippen molar-refractivity contribution in [2.45, 2.75) is 12.5 Å². The molecule has 7 nitrogen and oxygen atoms in total. The molecule has 0 aliphatic heterocycles. The summed E-state index contributed by atoms with van der Waals surface area (Å²) in [5.74, 6) is -2.17. The number of hydrogen-bond donors (Lipinski definition) is 2. The summed E-state index contributed by atoms with van der Waals surface area (Å²) in [6, 6.07) is 4.89. The highest BCUT2D eigenvalue weighted by molar-refractivity contribution is 5.98. The molecule has 0 aliphatic carbocycles. The van der Waals surface area contributed by atoms with Crippen molar-refractivity contribution in [1.29, 1.82) is 0 Å². The van der Waals surface area contributed by atoms with Crippen LogP contribution in [0.5, 0.6) is 0 Å². The van der Waals surface area contributed by atoms with Crippen LogP contribution in [0.3, 0.4) is 0 Å². The summed E-state index contributed by atoms with van der Waals surface area (Å²) in [7, 11) is 0. The molecule has 1 rings (SSSR count). The van der Waals surface area contributed by atoms with E-state index >= 15 is 0 Å². The van der Waals surface area contributed by atoms with Crippen LogP contribution in [0.25, 0.3) is 0 Å². The molecule has 0 heterocycles. The van der Waals surface area contributed by atoms with Gasteiger partial charge in [-0.15, -0.1) is 0 Å². The number of aliphatic hydroxyl groups excluding tert-OH is 1. The molecule has 90 valence electrons. The van der Waals surface area contributed by atoms with Gasteiger partial charge in [-0.25, -0.2) is 4.79 Å². The molecular formula is C10H9NO6. The van der Waals surface area contributed by atoms with E-state index in [4.69, 9.17) is 10.2 Å². The Morgan fingerprint density at radius 3 is 2.59 bits per heavy atom. The number of carboxylic acids is 1. The van der Waals surface area contributed by atoms with Crippen LogP contribution in [0.2, 0.25) is 0 Å². The van der Waals surface area contributed by atoms with Crippen molar-refractivity contribution < 1.29 is 24.7 Å². The second-order valence-corrected chi connectivity index (χ2v) is 3.29. The fraction of sp³-hybridized carbons (Fsp3) is 0.200. The first-order valence-corrected chi connectivity index (χ1v) is 4.60. The third kappa shape index (κ3) is 3.35. The van der Waals surface area contributed by atoms with Gasteiger partial charge >= 0.3 is 5.97 Å². The number of Topliss-reactive ketones (excluding diaryl/α,β-unsaturated/α-hetero) is 1. The zero-order valence-corrected chi connectivity index (χ0v) is 8.57. The van der Waals surface area contributed by atoms with E-state index in [0.717, 1.165) is 6.07 Å². The normalized spacial score (nSPS) is 11.8. The lowest BCUT2D eigenvalue weighted by Crippen LogP contribution is -2.23. The van der Waals surface area contributed by atoms with Crippen molar-refractivity contribution in [3.05, 3.63) is 39.9 Å². The number of nitrogens with zero attached hydrogens (tertiary/aromatic N) is 1. The Bertz CT molecular complexity index is 470. The molecule has 0 unspecified atom stereocenters. The van der Waals surface area contributed by atoms with Gasteiger partial charge in [0.05, 0.1) is 4.92 Å². The lowest BCUT2D eigenvalue weighted by molar-refractivity contribution is -0.384. The molecule has 1 aromatic rings. The number of carbonyl (C=O) groups is 2. The number of nitro benzene ring substituents is 1. The van der Waals surface area contributed by atoms with E-state index in [0.29, 0.717) is 0 Å². The van der Waals surface area contributed by atoms with Crippen LogP contribution in [0.4, 0.5) is 5.69 Å². The number of benzene rings is 1. The van der Waals surface area contributed by atoms with Crippen LogP contribution in [0, 0.1) is 10.1 Å². The highest BCUT2D eigenvalue weighted by Gasteiger charge is 2.20. The molecule has 1 aromatic carbocycles. The Morgan fingerprint density at radius 1 is 1.41 bits per heavy atom. The number of aliphatic hydroxyl groups is 1. The molecule has 1 atom stereocenters. The molecule has 0 bridgehead atoms. The van der Waals surface area contributed by atoms with Crippen LogP contribution in [-0.2, 0) is 4.79 Å². The summed E-state index contributed by atoms with van der Waals surface area (Å²) in [4.78, 5) is 31.6. The Hall–Kier alpha value is -2.28. The van der Waals surface area contributed by atoms with E-state index in [1.54, 1.807) is 0 Å². The Labute approximate surface area is 95.5 Å². The first-order valence-electron chi connectivity index (χ1n) is 4.60. The summed E-state index contributed by atoms with van der Waals surface area (Å²) in [5.41, 5.74) is -0.264. The largest absolute Gasteiger partial charge is 0.479 e. The van der Waals surface area contributed by atoms with Gasteiger partial charge in [0.1, 0.15) is 0 Å². The van der Waals surface area contributed by atoms with Crippen molar-refractivity contribution in [2.75, 3.05) is 0 Å². The zero-order valence-electron chi connectivity index (χ0n) is 8.57. The molecule has 7 heteroatoms. The SMILES string of the molecule is O=C(C[C@H](O)C(=O)O)c1cccc([N+](=O)[O-])c1. The maximum atomic E-state index is 11.5. The average Bonchev–Trinajstić information content (AvgIpc) is 2.28. The fourth-order valence-electron chi connectivity index (χ4n) is 1.17. The molecule has 0 spiro atoms. The zero-order chi connectivity index (χ0) is 13.0. The smallest absolute Gasteiger partial charge is 0.332 e. The van der Waals surface area contributed by atoms with Gasteiger partial charge in [0.2, 0.25) is 0 Å². The van der Waals surface area contributed by atoms with Gasteiger partial charge in [0, 0.05) is 24.1 Å². The highest BCUT2D eigenvalue weighted by Crippen LogP contribution is 2.15. The van der Waals surface area contributed by atoms with Crippen molar-refractivity contribution in [1.82, 2.24) is 0 Å². The van der Waals surface area contributed by atoms with Crippen molar-refractivity contribution >= 4 is 17.4 Å². The molecule has 17 heavy (non-hydrogen) atoms. The first kappa shape index (κ1) is 12.8. The summed E-state index contributed by atoms with van der Waals surface area (Å²) in [5, 5.41) is 27.8. The minimum Gasteiger partial charge on any atom is -0.479 e. The number of non-ortho nitro benzene ring substituents is 1. The summed E-state index contributed by atoms with van der Waals surface area (Å²) < 4.78 is 0. The summed E-state index contributed by atoms with van der Waals surface area (Å²) in [6.45, 7) is 0. The van der Waals surface area contributed by atoms with Gasteiger partial charge in [0.25, 0.3) is 5.69 Å². The lowest BCUT2D eigenvalue weighted by atomic mass is 10.0. The topological polar surface area (TPSA) is 118 Å². The van der Waals surface area contributed by atoms with E-state index in [1.807, 2.05) is 0 Å². The number of rotatable bonds is 5. The molecular weight excluding hydrogens is 230 g/mol. The fourth-order valence-corrected chi connectivity index (χ4v) is 1.17. The van der Waals surface area contributed by atoms with Crippen molar-refractivity contribution in [3.8, 4) is 0 Å². The molecule has 0 radical (unpaired) electrons. The number of nitro groups is 1. The maximum Gasteiger partial charge on any atom is 0.332 e. The molecule has 0 aromatic heterocycles. The minimum absolute atomic E-state index is 0.000463. The van der Waals surface area contributed by atoms with Crippen LogP contribution in [0.1, 0.15) is 16.8 Å². The summed E-state index contributed by atoms with van der Waals surface area (Å²) >= 11 is 0. The van der Waals surface area contributed by atoms with Gasteiger partial charge in [-0.3, -0.25) is 14.9 Å². The molecule has 0 aliphatic rings. The number of hydrogen-bond acceptors (Lipinski definition) is 5. The maximum absolute atomic E-state index is 11.5. The predicted octanol–water partition coefficient (Wildman–Crippen LogP) is 0.613. The van der Waals surface area contributed by atoms with Gasteiger partial charge in [-0.2, -0.15) is 0 Å². The predicted molar refractivity (Wildman–Crippen MR) is 55.7 cm³/mol. The number of aliphatic carboxylic acids is 1. The Morgan fingerprint density at radius 2 is 2.06 bits per heavy atom. The third-order valence-electron chi connectivity index (χ3n) is 2.04. The van der Waals surface area contributed by atoms with E-state index in [2.05, 4.69) is 0 Å². The number of carboxylic acid groups (broad SMARTS) is 1. The van der Waals surface area contributed by atoms with Gasteiger partial charge in [-0.05, 0) is 0 Å². The van der Waals surface area contributed by atoms with Crippen LogP contribution in [-0.4, -0.2) is 33.0 Å². The highest BCUT2D eigenvalue weighted by atomic mass is 16.6. The van der Waals surface area contributed by atoms with Gasteiger partial charge in [-0.1, -0.05) is 12.1 Å². The van der Waals surface area contributed by atoms with Crippen LogP contribution >= 0.6 is 0 Å². The first-order chi connectivity index (χ1) is 7.91. The standard InChI is InChI=1S/C10H9NO6/c12-8(5-9(13)10(14)15)6-2-1-3-7(4-6)11(16)17/h1-4,9,13H,5H2,(H,14,15)/t9-/m0/s1. The van der Waals surface area contributed by atoms with Crippen LogP contribution < -0.4 is 0 Å². The lowest BCUT2D eigenvalue weighted by Gasteiger charge is -2.04. The molecule has 0 amide bonds. The summed E-state index contributed by atoms with van der Waals surface area (Å²) in [6.07, 6.45) is -2.42. The molecule has 2 N–H and O–H groups in total. The van der Waals surface area contributed by atoms with Gasteiger partial charge in [0.15, 0.2) is 11.9 Å².